The second-order valence-electron chi connectivity index (χ2n) is 7.44. The van der Waals surface area contributed by atoms with E-state index < -0.39 is 23.7 Å². The van der Waals surface area contributed by atoms with E-state index in [0.717, 1.165) is 17.8 Å². The topological polar surface area (TPSA) is 113 Å². The fourth-order valence-electron chi connectivity index (χ4n) is 3.66. The lowest BCUT2D eigenvalue weighted by atomic mass is 10.0. The molecule has 0 saturated carbocycles. The van der Waals surface area contributed by atoms with Crippen LogP contribution < -0.4 is 10.6 Å². The van der Waals surface area contributed by atoms with Crippen molar-refractivity contribution in [2.24, 2.45) is 0 Å². The number of fused-ring (bicyclic) bond motifs is 1. The predicted octanol–water partition coefficient (Wildman–Crippen LogP) is 3.81. The summed E-state index contributed by atoms with van der Waals surface area (Å²) in [5.74, 6) is -0.833. The minimum absolute atomic E-state index is 0.0546. The number of alkyl halides is 3. The summed E-state index contributed by atoms with van der Waals surface area (Å²) in [5, 5.41) is 24.9. The summed E-state index contributed by atoms with van der Waals surface area (Å²) < 4.78 is 41.5. The van der Waals surface area contributed by atoms with E-state index in [9.17, 15) is 23.4 Å². The minimum Gasteiger partial charge on any atom is -0.507 e. The Labute approximate surface area is 192 Å². The second-order valence-corrected chi connectivity index (χ2v) is 7.44. The molecule has 0 aliphatic carbocycles. The largest absolute Gasteiger partial charge is 0.507 e. The highest BCUT2D eigenvalue weighted by atomic mass is 19.4. The van der Waals surface area contributed by atoms with E-state index in [1.165, 1.54) is 23.2 Å². The van der Waals surface area contributed by atoms with Crippen LogP contribution in [0.2, 0.25) is 0 Å². The van der Waals surface area contributed by atoms with Gasteiger partial charge in [-0.05, 0) is 36.4 Å². The Kier molecular flexibility index (Phi) is 6.12. The van der Waals surface area contributed by atoms with Crippen LogP contribution in [-0.4, -0.2) is 42.7 Å². The highest BCUT2D eigenvalue weighted by Gasteiger charge is 2.34. The van der Waals surface area contributed by atoms with Gasteiger partial charge in [-0.2, -0.15) is 18.3 Å². The Morgan fingerprint density at radius 1 is 1.15 bits per heavy atom. The van der Waals surface area contributed by atoms with Gasteiger partial charge in [-0.25, -0.2) is 14.6 Å². The SMILES string of the molecule is C=CC(O)N(CCn1nc(-c2ccc(O)c(C(F)(F)F)c2)c2c(N)ncnc21)c1ccccc1. The summed E-state index contributed by atoms with van der Waals surface area (Å²) in [4.78, 5) is 9.87. The first-order valence-corrected chi connectivity index (χ1v) is 10.2. The van der Waals surface area contributed by atoms with Gasteiger partial charge in [0, 0.05) is 17.8 Å². The van der Waals surface area contributed by atoms with E-state index >= 15 is 0 Å². The maximum absolute atomic E-state index is 13.4. The standard InChI is InChI=1S/C23H21F3N6O2/c1-2-18(34)31(15-6-4-3-5-7-15)10-11-32-22-19(21(27)28-13-29-22)20(30-32)14-8-9-17(33)16(12-14)23(24,25)26/h2-9,12-13,18,33-34H,1,10-11H2,(H2,27,28,29). The summed E-state index contributed by atoms with van der Waals surface area (Å²) in [6, 6.07) is 12.3. The van der Waals surface area contributed by atoms with Crippen molar-refractivity contribution >= 4 is 22.5 Å². The van der Waals surface area contributed by atoms with E-state index in [2.05, 4.69) is 21.6 Å². The Balaban J connectivity index is 1.76. The maximum atomic E-state index is 13.4. The smallest absolute Gasteiger partial charge is 0.419 e. The number of aliphatic hydroxyl groups is 1. The van der Waals surface area contributed by atoms with E-state index in [-0.39, 0.29) is 35.6 Å². The molecule has 0 radical (unpaired) electrons. The first kappa shape index (κ1) is 23.1. The number of hydrogen-bond acceptors (Lipinski definition) is 7. The van der Waals surface area contributed by atoms with Gasteiger partial charge in [0.25, 0.3) is 0 Å². The number of rotatable bonds is 7. The van der Waals surface area contributed by atoms with Crippen molar-refractivity contribution in [2.75, 3.05) is 17.2 Å². The number of anilines is 2. The highest BCUT2D eigenvalue weighted by molar-refractivity contribution is 5.98. The lowest BCUT2D eigenvalue weighted by Crippen LogP contribution is -2.36. The molecule has 0 aliphatic rings. The normalized spacial score (nSPS) is 12.6. The number of phenols is 1. The van der Waals surface area contributed by atoms with Crippen molar-refractivity contribution in [3.8, 4) is 17.0 Å². The average molecular weight is 470 g/mol. The van der Waals surface area contributed by atoms with Crippen LogP contribution in [0.25, 0.3) is 22.3 Å². The molecule has 0 spiro atoms. The molecule has 0 bridgehead atoms. The molecule has 2 aromatic heterocycles. The van der Waals surface area contributed by atoms with E-state index in [0.29, 0.717) is 5.65 Å². The van der Waals surface area contributed by atoms with Crippen LogP contribution in [0, 0.1) is 0 Å². The van der Waals surface area contributed by atoms with Crippen LogP contribution in [0.5, 0.6) is 5.75 Å². The summed E-state index contributed by atoms with van der Waals surface area (Å²) in [6.45, 7) is 4.14. The minimum atomic E-state index is -4.75. The zero-order valence-corrected chi connectivity index (χ0v) is 17.8. The number of nitrogens with two attached hydrogens (primary N) is 1. The third kappa shape index (κ3) is 4.37. The van der Waals surface area contributed by atoms with Crippen LogP contribution in [0.3, 0.4) is 0 Å². The molecular weight excluding hydrogens is 449 g/mol. The van der Waals surface area contributed by atoms with Crippen LogP contribution in [0.15, 0.2) is 67.5 Å². The Morgan fingerprint density at radius 3 is 2.56 bits per heavy atom. The molecule has 0 aliphatic heterocycles. The molecule has 2 heterocycles. The molecular formula is C23H21F3N6O2. The lowest BCUT2D eigenvalue weighted by Gasteiger charge is -2.28. The van der Waals surface area contributed by atoms with Gasteiger partial charge in [0.1, 0.15) is 29.8 Å². The monoisotopic (exact) mass is 470 g/mol. The molecule has 1 unspecified atom stereocenters. The molecule has 176 valence electrons. The summed E-state index contributed by atoms with van der Waals surface area (Å²) in [7, 11) is 0. The van der Waals surface area contributed by atoms with Gasteiger partial charge in [0.2, 0.25) is 0 Å². The number of hydrogen-bond donors (Lipinski definition) is 3. The van der Waals surface area contributed by atoms with Gasteiger partial charge < -0.3 is 20.8 Å². The van der Waals surface area contributed by atoms with Gasteiger partial charge >= 0.3 is 6.18 Å². The number of aromatic hydroxyl groups is 1. The Bertz CT molecular complexity index is 1320. The predicted molar refractivity (Wildman–Crippen MR) is 122 cm³/mol. The van der Waals surface area contributed by atoms with Gasteiger partial charge in [0.15, 0.2) is 5.65 Å². The number of nitrogens with zero attached hydrogens (tertiary/aromatic N) is 5. The molecule has 4 aromatic rings. The van der Waals surface area contributed by atoms with E-state index in [1.807, 2.05) is 30.3 Å². The number of aromatic nitrogens is 4. The third-order valence-electron chi connectivity index (χ3n) is 5.30. The Hall–Kier alpha value is -4.12. The number of benzene rings is 2. The fourth-order valence-corrected chi connectivity index (χ4v) is 3.66. The summed E-state index contributed by atoms with van der Waals surface area (Å²) in [6.07, 6.45) is -3.10. The first-order valence-electron chi connectivity index (χ1n) is 10.2. The van der Waals surface area contributed by atoms with E-state index in [4.69, 9.17) is 5.73 Å². The quantitative estimate of drug-likeness (QED) is 0.278. The van der Waals surface area contributed by atoms with Crippen LogP contribution in [0.4, 0.5) is 24.7 Å². The van der Waals surface area contributed by atoms with Crippen molar-refractivity contribution < 1.29 is 23.4 Å². The maximum Gasteiger partial charge on any atom is 0.419 e. The second kappa shape index (κ2) is 9.02. The summed E-state index contributed by atoms with van der Waals surface area (Å²) in [5.41, 5.74) is 6.17. The molecule has 4 rings (SSSR count). The fraction of sp³-hybridized carbons (Fsp3) is 0.174. The van der Waals surface area contributed by atoms with Gasteiger partial charge in [-0.3, -0.25) is 0 Å². The molecule has 11 heteroatoms. The van der Waals surface area contributed by atoms with Crippen molar-refractivity contribution in [3.63, 3.8) is 0 Å². The third-order valence-corrected chi connectivity index (χ3v) is 5.30. The van der Waals surface area contributed by atoms with Crippen molar-refractivity contribution in [1.82, 2.24) is 19.7 Å². The average Bonchev–Trinajstić information content (AvgIpc) is 3.19. The molecule has 4 N–H and O–H groups in total. The first-order chi connectivity index (χ1) is 16.2. The van der Waals surface area contributed by atoms with Crippen molar-refractivity contribution in [3.05, 3.63) is 73.1 Å². The van der Waals surface area contributed by atoms with Gasteiger partial charge in [-0.1, -0.05) is 24.8 Å². The number of aliphatic hydroxyl groups excluding tert-OH is 1. The van der Waals surface area contributed by atoms with E-state index in [1.54, 1.807) is 4.90 Å². The number of para-hydroxylation sites is 1. The zero-order valence-electron chi connectivity index (χ0n) is 17.8. The molecule has 1 atom stereocenters. The van der Waals surface area contributed by atoms with Crippen molar-refractivity contribution in [1.29, 1.82) is 0 Å². The lowest BCUT2D eigenvalue weighted by molar-refractivity contribution is -0.138. The zero-order chi connectivity index (χ0) is 24.5. The molecule has 0 fully saturated rings. The van der Waals surface area contributed by atoms with Crippen LogP contribution in [0.1, 0.15) is 5.56 Å². The van der Waals surface area contributed by atoms with Gasteiger partial charge in [-0.15, -0.1) is 0 Å². The number of halogens is 3. The van der Waals surface area contributed by atoms with Crippen LogP contribution >= 0.6 is 0 Å². The van der Waals surface area contributed by atoms with Crippen molar-refractivity contribution in [2.45, 2.75) is 18.9 Å². The number of phenolic OH excluding ortho intramolecular Hbond substituents is 1. The Morgan fingerprint density at radius 2 is 1.88 bits per heavy atom. The molecule has 8 nitrogen and oxygen atoms in total. The van der Waals surface area contributed by atoms with Crippen LogP contribution in [-0.2, 0) is 12.7 Å². The van der Waals surface area contributed by atoms with Gasteiger partial charge in [0.05, 0.1) is 17.5 Å². The molecule has 2 aromatic carbocycles. The molecule has 0 saturated heterocycles. The highest BCUT2D eigenvalue weighted by Crippen LogP contribution is 2.39. The molecule has 0 amide bonds. The molecule has 34 heavy (non-hydrogen) atoms. The number of nitrogen functional groups attached to an aromatic ring is 1. The summed E-state index contributed by atoms with van der Waals surface area (Å²) >= 11 is 0.